The highest BCUT2D eigenvalue weighted by molar-refractivity contribution is 5.76. The Labute approximate surface area is 118 Å². The van der Waals surface area contributed by atoms with E-state index in [2.05, 4.69) is 5.32 Å². The zero-order valence-electron chi connectivity index (χ0n) is 12.1. The van der Waals surface area contributed by atoms with Crippen LogP contribution in [0.1, 0.15) is 25.8 Å². The van der Waals surface area contributed by atoms with Crippen LogP contribution in [-0.4, -0.2) is 35.4 Å². The second-order valence-electron chi connectivity index (χ2n) is 4.99. The van der Waals surface area contributed by atoms with E-state index in [4.69, 9.17) is 0 Å². The molecule has 0 aliphatic heterocycles. The summed E-state index contributed by atoms with van der Waals surface area (Å²) in [7, 11) is 1.66. The van der Waals surface area contributed by atoms with Crippen LogP contribution in [0.3, 0.4) is 0 Å². The molecule has 0 radical (unpaired) electrons. The Kier molecular flexibility index (Phi) is 6.11. The Balaban J connectivity index is 2.59. The van der Waals surface area contributed by atoms with Crippen LogP contribution < -0.4 is 5.32 Å². The van der Waals surface area contributed by atoms with Crippen LogP contribution in [0.2, 0.25) is 0 Å². The third kappa shape index (κ3) is 4.97. The Morgan fingerprint density at radius 3 is 2.65 bits per heavy atom. The fraction of sp³-hybridized carbons (Fsp3) is 0.500. The Hall–Kier alpha value is -1.95. The molecule has 0 spiro atoms. The first-order chi connectivity index (χ1) is 9.41. The summed E-state index contributed by atoms with van der Waals surface area (Å²) in [6.45, 7) is 4.89. The molecule has 0 heterocycles. The van der Waals surface area contributed by atoms with Crippen LogP contribution in [-0.2, 0) is 11.3 Å². The second-order valence-corrected chi connectivity index (χ2v) is 4.99. The molecule has 0 unspecified atom stereocenters. The first-order valence-corrected chi connectivity index (χ1v) is 6.61. The molecular formula is C14H21N3O3. The van der Waals surface area contributed by atoms with Gasteiger partial charge < -0.3 is 10.2 Å². The predicted octanol–water partition coefficient (Wildman–Crippen LogP) is 1.94. The number of benzene rings is 1. The van der Waals surface area contributed by atoms with Crippen molar-refractivity contribution < 1.29 is 9.72 Å². The average molecular weight is 279 g/mol. The van der Waals surface area contributed by atoms with E-state index in [9.17, 15) is 14.9 Å². The van der Waals surface area contributed by atoms with E-state index in [1.807, 2.05) is 13.8 Å². The fourth-order valence-corrected chi connectivity index (χ4v) is 1.82. The largest absolute Gasteiger partial charge is 0.341 e. The van der Waals surface area contributed by atoms with E-state index in [1.165, 1.54) is 11.0 Å². The average Bonchev–Trinajstić information content (AvgIpc) is 2.38. The van der Waals surface area contributed by atoms with Gasteiger partial charge in [0.15, 0.2) is 0 Å². The zero-order valence-corrected chi connectivity index (χ0v) is 12.1. The monoisotopic (exact) mass is 279 g/mol. The topological polar surface area (TPSA) is 75.5 Å². The molecule has 0 saturated carbocycles. The predicted molar refractivity (Wildman–Crippen MR) is 77.3 cm³/mol. The van der Waals surface area contributed by atoms with E-state index in [-0.39, 0.29) is 18.1 Å². The Morgan fingerprint density at radius 1 is 1.40 bits per heavy atom. The maximum atomic E-state index is 11.9. The molecule has 1 N–H and O–H groups in total. The highest BCUT2D eigenvalue weighted by Gasteiger charge is 2.16. The fourth-order valence-electron chi connectivity index (χ4n) is 1.82. The lowest BCUT2D eigenvalue weighted by Crippen LogP contribution is -2.31. The van der Waals surface area contributed by atoms with Gasteiger partial charge in [-0.2, -0.15) is 0 Å². The van der Waals surface area contributed by atoms with Gasteiger partial charge >= 0.3 is 0 Å². The van der Waals surface area contributed by atoms with Crippen molar-refractivity contribution in [3.8, 4) is 0 Å². The van der Waals surface area contributed by atoms with E-state index in [1.54, 1.807) is 25.2 Å². The van der Waals surface area contributed by atoms with E-state index >= 15 is 0 Å². The number of nitrogens with one attached hydrogen (secondary N) is 1. The van der Waals surface area contributed by atoms with Crippen molar-refractivity contribution in [1.82, 2.24) is 10.2 Å². The first kappa shape index (κ1) is 16.1. The maximum Gasteiger partial charge on any atom is 0.274 e. The van der Waals surface area contributed by atoms with Crippen molar-refractivity contribution in [3.63, 3.8) is 0 Å². The smallest absolute Gasteiger partial charge is 0.274 e. The second kappa shape index (κ2) is 7.59. The van der Waals surface area contributed by atoms with Crippen molar-refractivity contribution in [2.24, 2.45) is 0 Å². The molecule has 20 heavy (non-hydrogen) atoms. The minimum Gasteiger partial charge on any atom is -0.341 e. The molecule has 1 rings (SSSR count). The molecule has 0 aliphatic carbocycles. The zero-order chi connectivity index (χ0) is 15.1. The molecule has 0 atom stereocenters. The third-order valence-corrected chi connectivity index (χ3v) is 2.91. The highest BCUT2D eigenvalue weighted by atomic mass is 16.6. The van der Waals surface area contributed by atoms with Crippen LogP contribution in [0.5, 0.6) is 0 Å². The molecule has 0 saturated heterocycles. The minimum absolute atomic E-state index is 0.0312. The quantitative estimate of drug-likeness (QED) is 0.611. The summed E-state index contributed by atoms with van der Waals surface area (Å²) in [6, 6.07) is 6.82. The molecule has 0 bridgehead atoms. The molecule has 110 valence electrons. The standard InChI is InChI=1S/C14H21N3O3/c1-11(2)15-9-8-14(18)16(3)10-12-6-4-5-7-13(12)17(19)20/h4-7,11,15H,8-10H2,1-3H3. The number of carbonyl (C=O) groups excluding carboxylic acids is 1. The number of nitrogens with zero attached hydrogens (tertiary/aromatic N) is 2. The summed E-state index contributed by atoms with van der Waals surface area (Å²) in [5.41, 5.74) is 0.595. The van der Waals surface area contributed by atoms with Crippen LogP contribution in [0.4, 0.5) is 5.69 Å². The van der Waals surface area contributed by atoms with Crippen LogP contribution in [0, 0.1) is 10.1 Å². The van der Waals surface area contributed by atoms with E-state index in [0.29, 0.717) is 24.6 Å². The van der Waals surface area contributed by atoms with Gasteiger partial charge in [-0.05, 0) is 0 Å². The number of nitro groups is 1. The number of hydrogen-bond donors (Lipinski definition) is 1. The SMILES string of the molecule is CC(C)NCCC(=O)N(C)Cc1ccccc1[N+](=O)[O-]. The Bertz CT molecular complexity index is 474. The lowest BCUT2D eigenvalue weighted by Gasteiger charge is -2.18. The lowest BCUT2D eigenvalue weighted by molar-refractivity contribution is -0.385. The van der Waals surface area contributed by atoms with Gasteiger partial charge in [-0.1, -0.05) is 32.0 Å². The van der Waals surface area contributed by atoms with Crippen molar-refractivity contribution in [3.05, 3.63) is 39.9 Å². The minimum atomic E-state index is -0.423. The van der Waals surface area contributed by atoms with Crippen molar-refractivity contribution in [2.45, 2.75) is 32.9 Å². The highest BCUT2D eigenvalue weighted by Crippen LogP contribution is 2.19. The van der Waals surface area contributed by atoms with Gasteiger partial charge in [0.2, 0.25) is 5.91 Å². The molecule has 0 fully saturated rings. The van der Waals surface area contributed by atoms with Gasteiger partial charge in [0.05, 0.1) is 11.5 Å². The van der Waals surface area contributed by atoms with Crippen molar-refractivity contribution >= 4 is 11.6 Å². The molecule has 6 heteroatoms. The molecule has 1 aromatic carbocycles. The summed E-state index contributed by atoms with van der Waals surface area (Å²) < 4.78 is 0. The van der Waals surface area contributed by atoms with Gasteiger partial charge in [-0.15, -0.1) is 0 Å². The summed E-state index contributed by atoms with van der Waals surface area (Å²) >= 11 is 0. The van der Waals surface area contributed by atoms with Crippen molar-refractivity contribution in [1.29, 1.82) is 0 Å². The van der Waals surface area contributed by atoms with E-state index in [0.717, 1.165) is 0 Å². The summed E-state index contributed by atoms with van der Waals surface area (Å²) in [5, 5.41) is 14.1. The maximum absolute atomic E-state index is 11.9. The number of carbonyl (C=O) groups is 1. The lowest BCUT2D eigenvalue weighted by atomic mass is 10.1. The number of nitro benzene ring substituents is 1. The number of amides is 1. The summed E-state index contributed by atoms with van der Waals surface area (Å²) in [6.07, 6.45) is 0.384. The third-order valence-electron chi connectivity index (χ3n) is 2.91. The molecule has 1 amide bonds. The molecule has 0 aromatic heterocycles. The van der Waals surface area contributed by atoms with Crippen LogP contribution in [0.15, 0.2) is 24.3 Å². The van der Waals surface area contributed by atoms with Crippen LogP contribution >= 0.6 is 0 Å². The Morgan fingerprint density at radius 2 is 2.05 bits per heavy atom. The van der Waals surface area contributed by atoms with Gasteiger partial charge in [0, 0.05) is 37.7 Å². The first-order valence-electron chi connectivity index (χ1n) is 6.61. The van der Waals surface area contributed by atoms with Crippen LogP contribution in [0.25, 0.3) is 0 Å². The van der Waals surface area contributed by atoms with Crippen molar-refractivity contribution in [2.75, 3.05) is 13.6 Å². The normalized spacial score (nSPS) is 10.6. The molecule has 0 aliphatic rings. The van der Waals surface area contributed by atoms with Gasteiger partial charge in [-0.3, -0.25) is 14.9 Å². The van der Waals surface area contributed by atoms with Gasteiger partial charge in [0.1, 0.15) is 0 Å². The number of rotatable bonds is 7. The molecule has 6 nitrogen and oxygen atoms in total. The number of para-hydroxylation sites is 1. The summed E-state index contributed by atoms with van der Waals surface area (Å²) in [4.78, 5) is 23.9. The summed E-state index contributed by atoms with van der Waals surface area (Å²) in [5.74, 6) is -0.0312. The number of hydrogen-bond acceptors (Lipinski definition) is 4. The van der Waals surface area contributed by atoms with Gasteiger partial charge in [0.25, 0.3) is 5.69 Å². The molecule has 1 aromatic rings. The molecular weight excluding hydrogens is 258 g/mol. The van der Waals surface area contributed by atoms with E-state index < -0.39 is 4.92 Å². The van der Waals surface area contributed by atoms with Gasteiger partial charge in [-0.25, -0.2) is 0 Å².